The summed E-state index contributed by atoms with van der Waals surface area (Å²) in [5.74, 6) is 0.769. The van der Waals surface area contributed by atoms with E-state index >= 15 is 0 Å². The molecule has 0 unspecified atom stereocenters. The van der Waals surface area contributed by atoms with Gasteiger partial charge in [-0.15, -0.1) is 0 Å². The molecule has 1 aromatic heterocycles. The third-order valence-corrected chi connectivity index (χ3v) is 4.14. The van der Waals surface area contributed by atoms with E-state index in [0.29, 0.717) is 34.6 Å². The lowest BCUT2D eigenvalue weighted by Gasteiger charge is -2.05. The number of carbonyl (C=O) groups excluding carboxylic acids is 2. The maximum Gasteiger partial charge on any atom is 0.161 e. The van der Waals surface area contributed by atoms with Crippen LogP contribution in [0.2, 0.25) is 0 Å². The first kappa shape index (κ1) is 16.8. The van der Waals surface area contributed by atoms with Crippen molar-refractivity contribution >= 4 is 23.5 Å². The Balaban J connectivity index is 2.07. The minimum absolute atomic E-state index is 0.0208. The van der Waals surface area contributed by atoms with Gasteiger partial charge in [-0.2, -0.15) is 0 Å². The van der Waals surface area contributed by atoms with Crippen LogP contribution < -0.4 is 4.74 Å². The predicted molar refractivity (Wildman–Crippen MR) is 94.3 cm³/mol. The van der Waals surface area contributed by atoms with Crippen LogP contribution in [0.3, 0.4) is 0 Å². The molecule has 0 atom stereocenters. The number of unbranched alkanes of at least 4 members (excludes halogenated alkanes) is 1. The number of phenols is 1. The van der Waals surface area contributed by atoms with Gasteiger partial charge < -0.3 is 19.1 Å². The summed E-state index contributed by atoms with van der Waals surface area (Å²) < 4.78 is 11.0. The third-order valence-electron chi connectivity index (χ3n) is 4.14. The van der Waals surface area contributed by atoms with Gasteiger partial charge in [0.2, 0.25) is 0 Å². The number of rotatable bonds is 7. The van der Waals surface area contributed by atoms with Gasteiger partial charge in [-0.25, -0.2) is 0 Å². The second-order valence-corrected chi connectivity index (χ2v) is 5.74. The van der Waals surface area contributed by atoms with Crippen LogP contribution in [0.1, 0.15) is 28.8 Å². The van der Waals surface area contributed by atoms with E-state index in [2.05, 4.69) is 0 Å². The Morgan fingerprint density at radius 1 is 1.16 bits per heavy atom. The molecule has 0 saturated heterocycles. The summed E-state index contributed by atoms with van der Waals surface area (Å²) in [4.78, 5) is 22.1. The number of hydrogen-bond acceptors (Lipinski definition) is 5. The average Bonchev–Trinajstić information content (AvgIpc) is 3.00. The van der Waals surface area contributed by atoms with Crippen molar-refractivity contribution in [2.24, 2.45) is 0 Å². The zero-order valence-electron chi connectivity index (χ0n) is 13.8. The highest BCUT2D eigenvalue weighted by atomic mass is 16.5. The number of fused-ring (bicyclic) bond motifs is 1. The predicted octanol–water partition coefficient (Wildman–Crippen LogP) is 4.15. The summed E-state index contributed by atoms with van der Waals surface area (Å²) in [5.41, 5.74) is 2.77. The van der Waals surface area contributed by atoms with Crippen LogP contribution >= 0.6 is 0 Å². The molecule has 0 aliphatic carbocycles. The van der Waals surface area contributed by atoms with Crippen LogP contribution in [0, 0.1) is 0 Å². The molecule has 0 spiro atoms. The SMILES string of the molecule is COc1cc(-c2oc3ccc(CCCC=O)cc3c2C=O)ccc1O. The van der Waals surface area contributed by atoms with Gasteiger partial charge in [-0.1, -0.05) is 6.07 Å². The van der Waals surface area contributed by atoms with Crippen LogP contribution in [-0.2, 0) is 11.2 Å². The Morgan fingerprint density at radius 3 is 2.72 bits per heavy atom. The normalized spacial score (nSPS) is 10.8. The third kappa shape index (κ3) is 3.26. The molecule has 1 N–H and O–H groups in total. The van der Waals surface area contributed by atoms with E-state index in [1.807, 2.05) is 18.2 Å². The van der Waals surface area contributed by atoms with E-state index in [0.717, 1.165) is 36.4 Å². The summed E-state index contributed by atoms with van der Waals surface area (Å²) >= 11 is 0. The molecule has 0 bridgehead atoms. The van der Waals surface area contributed by atoms with Crippen molar-refractivity contribution in [3.63, 3.8) is 0 Å². The number of furan rings is 1. The molecule has 0 radical (unpaired) electrons. The number of benzene rings is 2. The summed E-state index contributed by atoms with van der Waals surface area (Å²) in [7, 11) is 1.46. The molecule has 0 saturated carbocycles. The maximum atomic E-state index is 11.7. The number of methoxy groups -OCH3 is 1. The van der Waals surface area contributed by atoms with Gasteiger partial charge in [0.15, 0.2) is 17.8 Å². The van der Waals surface area contributed by atoms with Crippen molar-refractivity contribution in [3.05, 3.63) is 47.5 Å². The molecule has 0 fully saturated rings. The molecule has 1 heterocycles. The van der Waals surface area contributed by atoms with Crippen molar-refractivity contribution < 1.29 is 23.8 Å². The van der Waals surface area contributed by atoms with Crippen LogP contribution in [0.4, 0.5) is 0 Å². The van der Waals surface area contributed by atoms with Gasteiger partial charge >= 0.3 is 0 Å². The molecule has 25 heavy (non-hydrogen) atoms. The monoisotopic (exact) mass is 338 g/mol. The Hall–Kier alpha value is -3.08. The first-order valence-corrected chi connectivity index (χ1v) is 7.99. The van der Waals surface area contributed by atoms with Gasteiger partial charge in [-0.05, 0) is 48.7 Å². The first-order valence-electron chi connectivity index (χ1n) is 7.99. The molecule has 0 aliphatic heterocycles. The minimum atomic E-state index is 0.0208. The quantitative estimate of drug-likeness (QED) is 0.517. The van der Waals surface area contributed by atoms with E-state index in [-0.39, 0.29) is 5.75 Å². The van der Waals surface area contributed by atoms with E-state index < -0.39 is 0 Å². The summed E-state index contributed by atoms with van der Waals surface area (Å²) in [6.45, 7) is 0. The Labute approximate surface area is 144 Å². The fraction of sp³-hybridized carbons (Fsp3) is 0.200. The number of phenolic OH excluding ortho intramolecular Hbond substituents is 1. The minimum Gasteiger partial charge on any atom is -0.504 e. The van der Waals surface area contributed by atoms with Gasteiger partial charge in [0.05, 0.1) is 12.7 Å². The molecule has 128 valence electrons. The summed E-state index contributed by atoms with van der Waals surface area (Å²) in [5, 5.41) is 10.5. The van der Waals surface area contributed by atoms with Gasteiger partial charge in [-0.3, -0.25) is 4.79 Å². The molecule has 2 aromatic carbocycles. The van der Waals surface area contributed by atoms with Crippen molar-refractivity contribution in [2.45, 2.75) is 19.3 Å². The second-order valence-electron chi connectivity index (χ2n) is 5.74. The highest BCUT2D eigenvalue weighted by Crippen LogP contribution is 2.37. The lowest BCUT2D eigenvalue weighted by molar-refractivity contribution is -0.107. The Bertz CT molecular complexity index is 923. The first-order chi connectivity index (χ1) is 12.2. The summed E-state index contributed by atoms with van der Waals surface area (Å²) in [6.07, 6.45) is 3.73. The molecule has 0 amide bonds. The van der Waals surface area contributed by atoms with Crippen molar-refractivity contribution in [1.82, 2.24) is 0 Å². The Kier molecular flexibility index (Phi) is 4.84. The maximum absolute atomic E-state index is 11.7. The van der Waals surface area contributed by atoms with E-state index in [1.165, 1.54) is 13.2 Å². The number of carbonyl (C=O) groups is 2. The van der Waals surface area contributed by atoms with Crippen LogP contribution in [0.5, 0.6) is 11.5 Å². The molecular formula is C20H18O5. The molecular weight excluding hydrogens is 320 g/mol. The summed E-state index contributed by atoms with van der Waals surface area (Å²) in [6, 6.07) is 10.5. The average molecular weight is 338 g/mol. The van der Waals surface area contributed by atoms with Crippen LogP contribution in [0.25, 0.3) is 22.3 Å². The molecule has 5 nitrogen and oxygen atoms in total. The number of aromatic hydroxyl groups is 1. The zero-order valence-corrected chi connectivity index (χ0v) is 13.8. The van der Waals surface area contributed by atoms with Crippen LogP contribution in [-0.4, -0.2) is 24.8 Å². The molecule has 5 heteroatoms. The highest BCUT2D eigenvalue weighted by Gasteiger charge is 2.17. The van der Waals surface area contributed by atoms with Crippen molar-refractivity contribution in [1.29, 1.82) is 0 Å². The smallest absolute Gasteiger partial charge is 0.161 e. The fourth-order valence-corrected chi connectivity index (χ4v) is 2.86. The largest absolute Gasteiger partial charge is 0.504 e. The van der Waals surface area contributed by atoms with E-state index in [9.17, 15) is 14.7 Å². The van der Waals surface area contributed by atoms with Crippen molar-refractivity contribution in [2.75, 3.05) is 7.11 Å². The molecule has 3 aromatic rings. The highest BCUT2D eigenvalue weighted by molar-refractivity contribution is 6.02. The lowest BCUT2D eigenvalue weighted by atomic mass is 10.0. The van der Waals surface area contributed by atoms with Crippen molar-refractivity contribution in [3.8, 4) is 22.8 Å². The second kappa shape index (κ2) is 7.21. The van der Waals surface area contributed by atoms with E-state index in [4.69, 9.17) is 9.15 Å². The number of aldehydes is 2. The van der Waals surface area contributed by atoms with Gasteiger partial charge in [0.25, 0.3) is 0 Å². The van der Waals surface area contributed by atoms with Crippen LogP contribution in [0.15, 0.2) is 40.8 Å². The number of hydrogen-bond donors (Lipinski definition) is 1. The zero-order chi connectivity index (χ0) is 17.8. The lowest BCUT2D eigenvalue weighted by Crippen LogP contribution is -1.88. The Morgan fingerprint density at radius 2 is 2.00 bits per heavy atom. The fourth-order valence-electron chi connectivity index (χ4n) is 2.86. The number of ether oxygens (including phenoxy) is 1. The standard InChI is InChI=1S/C20H18O5/c1-24-19-11-14(6-7-17(19)23)20-16(12-22)15-10-13(4-2-3-9-21)5-8-18(15)25-20/h5-12,23H,2-4H2,1H3. The van der Waals surface area contributed by atoms with E-state index in [1.54, 1.807) is 12.1 Å². The number of aryl methyl sites for hydroxylation is 1. The van der Waals surface area contributed by atoms with Gasteiger partial charge in [0.1, 0.15) is 17.6 Å². The van der Waals surface area contributed by atoms with Gasteiger partial charge in [0, 0.05) is 17.4 Å². The molecule has 3 rings (SSSR count). The topological polar surface area (TPSA) is 76.7 Å². The molecule has 0 aliphatic rings.